The molecule has 1 aliphatic heterocycles. The van der Waals surface area contributed by atoms with Crippen LogP contribution in [-0.2, 0) is 21.3 Å². The first-order chi connectivity index (χ1) is 9.94. The highest BCUT2D eigenvalue weighted by Gasteiger charge is 2.24. The molecule has 0 amide bonds. The fraction of sp³-hybridized carbons (Fsp3) is 0.538. The molecule has 1 aliphatic rings. The molecule has 0 spiro atoms. The monoisotopic (exact) mass is 336 g/mol. The van der Waals surface area contributed by atoms with Crippen LogP contribution in [0.25, 0.3) is 0 Å². The first-order valence-corrected chi connectivity index (χ1v) is 8.50. The van der Waals surface area contributed by atoms with E-state index in [1.807, 2.05) is 0 Å². The maximum Gasteiger partial charge on any atom is 0.243 e. The van der Waals surface area contributed by atoms with Crippen LogP contribution in [0.3, 0.4) is 0 Å². The number of rotatable bonds is 6. The summed E-state index contributed by atoms with van der Waals surface area (Å²) in [5, 5.41) is 2.96. The molecule has 5 nitrogen and oxygen atoms in total. The highest BCUT2D eigenvalue weighted by atomic mass is 35.5. The van der Waals surface area contributed by atoms with Crippen molar-refractivity contribution in [3.8, 4) is 0 Å². The average Bonchev–Trinajstić information content (AvgIpc) is 2.94. The fourth-order valence-corrected chi connectivity index (χ4v) is 3.75. The van der Waals surface area contributed by atoms with Crippen molar-refractivity contribution in [2.75, 3.05) is 26.8 Å². The summed E-state index contributed by atoms with van der Waals surface area (Å²) < 4.78 is 46.4. The Morgan fingerprint density at radius 3 is 2.86 bits per heavy atom. The molecule has 1 aromatic carbocycles. The Morgan fingerprint density at radius 1 is 1.48 bits per heavy atom. The molecule has 0 aromatic heterocycles. The maximum absolute atomic E-state index is 14.3. The summed E-state index contributed by atoms with van der Waals surface area (Å²) in [6, 6.07) is 2.54. The molecule has 1 atom stereocenters. The Balaban J connectivity index is 2.21. The van der Waals surface area contributed by atoms with Gasteiger partial charge in [-0.15, -0.1) is 0 Å². The van der Waals surface area contributed by atoms with E-state index >= 15 is 0 Å². The molecule has 1 heterocycles. The number of sulfonamides is 1. The van der Waals surface area contributed by atoms with Gasteiger partial charge in [-0.2, -0.15) is 0 Å². The zero-order chi connectivity index (χ0) is 15.5. The largest absolute Gasteiger partial charge is 0.381 e. The summed E-state index contributed by atoms with van der Waals surface area (Å²) in [4.78, 5) is -0.417. The van der Waals surface area contributed by atoms with Gasteiger partial charge in [0.2, 0.25) is 10.0 Å². The molecule has 2 N–H and O–H groups in total. The third-order valence-electron chi connectivity index (χ3n) is 3.32. The van der Waals surface area contributed by atoms with Crippen LogP contribution in [0.4, 0.5) is 4.39 Å². The van der Waals surface area contributed by atoms with Crippen LogP contribution >= 0.6 is 11.6 Å². The Labute approximate surface area is 128 Å². The lowest BCUT2D eigenvalue weighted by Gasteiger charge is -2.13. The Kier molecular flexibility index (Phi) is 5.56. The summed E-state index contributed by atoms with van der Waals surface area (Å²) in [5.41, 5.74) is 0.217. The SMILES string of the molecule is CNCc1cc(Cl)cc(S(=O)(=O)NCC2CCOC2)c1F. The highest BCUT2D eigenvalue weighted by Crippen LogP contribution is 2.24. The highest BCUT2D eigenvalue weighted by molar-refractivity contribution is 7.89. The molecular weight excluding hydrogens is 319 g/mol. The Bertz CT molecular complexity index is 604. The second kappa shape index (κ2) is 7.02. The molecule has 0 bridgehead atoms. The van der Waals surface area contributed by atoms with Crippen molar-refractivity contribution in [3.63, 3.8) is 0 Å². The van der Waals surface area contributed by atoms with Crippen LogP contribution in [0, 0.1) is 11.7 Å². The van der Waals surface area contributed by atoms with Crippen LogP contribution < -0.4 is 10.0 Å². The molecule has 0 saturated carbocycles. The molecule has 1 unspecified atom stereocenters. The third-order valence-corrected chi connectivity index (χ3v) is 4.96. The van der Waals surface area contributed by atoms with E-state index in [1.54, 1.807) is 7.05 Å². The second-order valence-corrected chi connectivity index (χ2v) is 7.16. The quantitative estimate of drug-likeness (QED) is 0.826. The number of hydrogen-bond acceptors (Lipinski definition) is 4. The summed E-state index contributed by atoms with van der Waals surface area (Å²) in [6.07, 6.45) is 0.797. The molecule has 0 aliphatic carbocycles. The minimum absolute atomic E-state index is 0.124. The summed E-state index contributed by atoms with van der Waals surface area (Å²) in [7, 11) is -2.29. The molecule has 21 heavy (non-hydrogen) atoms. The van der Waals surface area contributed by atoms with E-state index in [0.717, 1.165) is 12.5 Å². The van der Waals surface area contributed by atoms with Crippen LogP contribution in [0.5, 0.6) is 0 Å². The van der Waals surface area contributed by atoms with Crippen molar-refractivity contribution >= 4 is 21.6 Å². The van der Waals surface area contributed by atoms with Crippen molar-refractivity contribution in [1.29, 1.82) is 0 Å². The molecule has 1 saturated heterocycles. The minimum atomic E-state index is -3.93. The lowest BCUT2D eigenvalue weighted by molar-refractivity contribution is 0.186. The number of ether oxygens (including phenoxy) is 1. The van der Waals surface area contributed by atoms with Crippen LogP contribution in [0.2, 0.25) is 5.02 Å². The van der Waals surface area contributed by atoms with Crippen LogP contribution in [0.15, 0.2) is 17.0 Å². The first-order valence-electron chi connectivity index (χ1n) is 6.64. The zero-order valence-electron chi connectivity index (χ0n) is 11.7. The van der Waals surface area contributed by atoms with Gasteiger partial charge in [0.15, 0.2) is 0 Å². The zero-order valence-corrected chi connectivity index (χ0v) is 13.2. The smallest absolute Gasteiger partial charge is 0.243 e. The van der Waals surface area contributed by atoms with E-state index in [2.05, 4.69) is 10.0 Å². The van der Waals surface area contributed by atoms with Gasteiger partial charge in [-0.1, -0.05) is 11.6 Å². The topological polar surface area (TPSA) is 67.4 Å². The average molecular weight is 337 g/mol. The van der Waals surface area contributed by atoms with Crippen molar-refractivity contribution in [2.45, 2.75) is 17.9 Å². The van der Waals surface area contributed by atoms with Gasteiger partial charge in [-0.3, -0.25) is 0 Å². The standard InChI is InChI=1S/C13H18ClFN2O3S/c1-16-7-10-4-11(14)5-12(13(10)15)21(18,19)17-6-9-2-3-20-8-9/h4-5,9,16-17H,2-3,6-8H2,1H3. The van der Waals surface area contributed by atoms with E-state index in [0.29, 0.717) is 13.2 Å². The van der Waals surface area contributed by atoms with E-state index in [4.69, 9.17) is 16.3 Å². The molecule has 118 valence electrons. The van der Waals surface area contributed by atoms with Gasteiger partial charge in [0, 0.05) is 30.3 Å². The molecular formula is C13H18ClFN2O3S. The van der Waals surface area contributed by atoms with Gasteiger partial charge in [0.25, 0.3) is 0 Å². The number of benzene rings is 1. The summed E-state index contributed by atoms with van der Waals surface area (Å²) in [6.45, 7) is 1.58. The predicted molar refractivity (Wildman–Crippen MR) is 78.3 cm³/mol. The summed E-state index contributed by atoms with van der Waals surface area (Å²) >= 11 is 5.88. The molecule has 1 aromatic rings. The molecule has 8 heteroatoms. The van der Waals surface area contributed by atoms with E-state index in [1.165, 1.54) is 6.07 Å². The number of nitrogens with one attached hydrogen (secondary N) is 2. The maximum atomic E-state index is 14.3. The molecule has 2 rings (SSSR count). The molecule has 1 fully saturated rings. The number of hydrogen-bond donors (Lipinski definition) is 2. The second-order valence-electron chi connectivity index (χ2n) is 4.99. The van der Waals surface area contributed by atoms with Crippen molar-refractivity contribution in [2.24, 2.45) is 5.92 Å². The van der Waals surface area contributed by atoms with Gasteiger partial charge in [0.05, 0.1) is 6.61 Å². The van der Waals surface area contributed by atoms with Crippen LogP contribution in [0.1, 0.15) is 12.0 Å². The van der Waals surface area contributed by atoms with Gasteiger partial charge in [-0.25, -0.2) is 17.5 Å². The van der Waals surface area contributed by atoms with Gasteiger partial charge < -0.3 is 10.1 Å². The van der Waals surface area contributed by atoms with E-state index < -0.39 is 20.7 Å². The van der Waals surface area contributed by atoms with Gasteiger partial charge in [-0.05, 0) is 31.5 Å². The normalized spacial score (nSPS) is 19.1. The lowest BCUT2D eigenvalue weighted by atomic mass is 10.1. The Morgan fingerprint density at radius 2 is 2.24 bits per heavy atom. The van der Waals surface area contributed by atoms with Crippen molar-refractivity contribution < 1.29 is 17.5 Å². The van der Waals surface area contributed by atoms with E-state index in [9.17, 15) is 12.8 Å². The van der Waals surface area contributed by atoms with Gasteiger partial charge >= 0.3 is 0 Å². The Hall–Kier alpha value is -0.730. The number of halogens is 2. The first kappa shape index (κ1) is 16.6. The van der Waals surface area contributed by atoms with Crippen molar-refractivity contribution in [3.05, 3.63) is 28.5 Å². The molecule has 0 radical (unpaired) electrons. The van der Waals surface area contributed by atoms with Gasteiger partial charge in [0.1, 0.15) is 10.7 Å². The third kappa shape index (κ3) is 4.14. The summed E-state index contributed by atoms with van der Waals surface area (Å²) in [5.74, 6) is -0.650. The predicted octanol–water partition coefficient (Wildman–Crippen LogP) is 1.51. The van der Waals surface area contributed by atoms with E-state index in [-0.39, 0.29) is 29.6 Å². The van der Waals surface area contributed by atoms with Crippen LogP contribution in [-0.4, -0.2) is 35.2 Å². The minimum Gasteiger partial charge on any atom is -0.381 e. The van der Waals surface area contributed by atoms with Crippen molar-refractivity contribution in [1.82, 2.24) is 10.0 Å². The fourth-order valence-electron chi connectivity index (χ4n) is 2.18. The lowest BCUT2D eigenvalue weighted by Crippen LogP contribution is -2.30.